The van der Waals surface area contributed by atoms with Crippen LogP contribution in [0.4, 0.5) is 0 Å². The number of hydrogen-bond acceptors (Lipinski definition) is 10. The molecule has 1 aliphatic heterocycles. The van der Waals surface area contributed by atoms with Crippen LogP contribution in [-0.4, -0.2) is 110 Å². The topological polar surface area (TPSA) is 189 Å². The second kappa shape index (κ2) is 61.6. The molecule has 496 valence electrons. The van der Waals surface area contributed by atoms with Crippen molar-refractivity contribution in [2.75, 3.05) is 13.2 Å². The third-order valence-corrected chi connectivity index (χ3v) is 17.6. The van der Waals surface area contributed by atoms with Crippen LogP contribution in [0.1, 0.15) is 354 Å². The minimum Gasteiger partial charge on any atom is -0.394 e. The van der Waals surface area contributed by atoms with Gasteiger partial charge < -0.3 is 50.5 Å². The molecule has 8 N–H and O–H groups in total. The summed E-state index contributed by atoms with van der Waals surface area (Å²) >= 11 is 0. The first kappa shape index (κ1) is 80.3. The van der Waals surface area contributed by atoms with Gasteiger partial charge in [0, 0.05) is 0 Å². The Hall–Kier alpha value is -1.67. The smallest absolute Gasteiger partial charge is 0.249 e. The van der Waals surface area contributed by atoms with Gasteiger partial charge in [-0.15, -0.1) is 0 Å². The fourth-order valence-electron chi connectivity index (χ4n) is 11.8. The normalized spacial score (nSPS) is 19.1. The fraction of sp³-hybridized carbons (Fsp3) is 0.904. The first-order valence-electron chi connectivity index (χ1n) is 36.4. The summed E-state index contributed by atoms with van der Waals surface area (Å²) < 4.78 is 11.2. The second-order valence-corrected chi connectivity index (χ2v) is 25.6. The Bertz CT molecular complexity index is 1460. The zero-order valence-corrected chi connectivity index (χ0v) is 54.9. The van der Waals surface area contributed by atoms with Gasteiger partial charge in [-0.05, 0) is 77.0 Å². The highest BCUT2D eigenvalue weighted by atomic mass is 16.7. The molecule has 0 aromatic rings. The number of aliphatic hydroxyl groups is 7. The highest BCUT2D eigenvalue weighted by molar-refractivity contribution is 5.80. The van der Waals surface area contributed by atoms with Crippen molar-refractivity contribution >= 4 is 5.91 Å². The summed E-state index contributed by atoms with van der Waals surface area (Å²) in [6.07, 6.45) is 68.1. The molecule has 0 saturated carbocycles. The molecule has 9 atom stereocenters. The number of amides is 1. The van der Waals surface area contributed by atoms with Crippen molar-refractivity contribution in [2.24, 2.45) is 0 Å². The summed E-state index contributed by atoms with van der Waals surface area (Å²) in [6.45, 7) is 3.50. The zero-order valence-electron chi connectivity index (χ0n) is 54.9. The van der Waals surface area contributed by atoms with E-state index in [0.29, 0.717) is 19.3 Å². The van der Waals surface area contributed by atoms with Crippen LogP contribution in [0.2, 0.25) is 0 Å². The monoisotopic (exact) mass is 1190 g/mol. The van der Waals surface area contributed by atoms with Crippen molar-refractivity contribution in [2.45, 2.75) is 409 Å². The molecule has 1 aliphatic rings. The van der Waals surface area contributed by atoms with E-state index in [2.05, 4.69) is 55.6 Å². The first-order valence-corrected chi connectivity index (χ1v) is 36.4. The van der Waals surface area contributed by atoms with Gasteiger partial charge in [-0.1, -0.05) is 314 Å². The molecule has 0 aromatic carbocycles. The van der Waals surface area contributed by atoms with E-state index in [-0.39, 0.29) is 12.8 Å². The maximum absolute atomic E-state index is 13.3. The minimum atomic E-state index is -1.67. The van der Waals surface area contributed by atoms with Crippen molar-refractivity contribution in [3.63, 3.8) is 0 Å². The van der Waals surface area contributed by atoms with Gasteiger partial charge in [0.05, 0.1) is 25.4 Å². The average molecular weight is 1190 g/mol. The lowest BCUT2D eigenvalue weighted by Gasteiger charge is -2.40. The molecule has 0 aromatic heterocycles. The number of unbranched alkanes of at least 4 members (excludes halogenated alkanes) is 46. The van der Waals surface area contributed by atoms with Gasteiger partial charge in [0.25, 0.3) is 0 Å². The van der Waals surface area contributed by atoms with Crippen LogP contribution in [0.25, 0.3) is 0 Å². The van der Waals surface area contributed by atoms with Crippen LogP contribution in [-0.2, 0) is 14.3 Å². The van der Waals surface area contributed by atoms with Crippen molar-refractivity contribution in [3.05, 3.63) is 36.5 Å². The van der Waals surface area contributed by atoms with Gasteiger partial charge in [-0.25, -0.2) is 0 Å². The number of hydrogen-bond donors (Lipinski definition) is 8. The maximum Gasteiger partial charge on any atom is 0.249 e. The van der Waals surface area contributed by atoms with Crippen molar-refractivity contribution in [3.8, 4) is 0 Å². The second-order valence-electron chi connectivity index (χ2n) is 25.6. The molecular formula is C73H139NO10. The highest BCUT2D eigenvalue weighted by Gasteiger charge is 2.44. The average Bonchev–Trinajstić information content (AvgIpc) is 3.66. The third kappa shape index (κ3) is 48.3. The van der Waals surface area contributed by atoms with Crippen molar-refractivity contribution in [1.82, 2.24) is 5.32 Å². The van der Waals surface area contributed by atoms with E-state index in [1.54, 1.807) is 0 Å². The lowest BCUT2D eigenvalue weighted by molar-refractivity contribution is -0.303. The van der Waals surface area contributed by atoms with E-state index in [1.807, 2.05) is 0 Å². The summed E-state index contributed by atoms with van der Waals surface area (Å²) in [5.74, 6) is -0.705. The third-order valence-electron chi connectivity index (χ3n) is 17.6. The van der Waals surface area contributed by atoms with Crippen molar-refractivity contribution < 1.29 is 50.0 Å². The Morgan fingerprint density at radius 1 is 0.405 bits per heavy atom. The van der Waals surface area contributed by atoms with Gasteiger partial charge in [-0.3, -0.25) is 4.79 Å². The molecule has 11 nitrogen and oxygen atoms in total. The van der Waals surface area contributed by atoms with Crippen molar-refractivity contribution in [1.29, 1.82) is 0 Å². The van der Waals surface area contributed by atoms with E-state index in [4.69, 9.17) is 9.47 Å². The summed E-state index contributed by atoms with van der Waals surface area (Å²) in [5.41, 5.74) is 0. The molecule has 11 heteroatoms. The van der Waals surface area contributed by atoms with E-state index in [1.165, 1.54) is 270 Å². The lowest BCUT2D eigenvalue weighted by Crippen LogP contribution is -2.60. The molecule has 0 spiro atoms. The molecule has 0 aliphatic carbocycles. The molecule has 1 heterocycles. The number of aliphatic hydroxyl groups excluding tert-OH is 7. The van der Waals surface area contributed by atoms with Crippen LogP contribution in [0.3, 0.4) is 0 Å². The quantitative estimate of drug-likeness (QED) is 0.0215. The Morgan fingerprint density at radius 2 is 0.714 bits per heavy atom. The van der Waals surface area contributed by atoms with E-state index in [9.17, 15) is 40.5 Å². The van der Waals surface area contributed by atoms with Crippen LogP contribution in [0.15, 0.2) is 36.5 Å². The summed E-state index contributed by atoms with van der Waals surface area (Å²) in [6, 6.07) is -1.19. The summed E-state index contributed by atoms with van der Waals surface area (Å²) in [7, 11) is 0. The molecule has 1 fully saturated rings. The molecule has 1 amide bonds. The molecule has 1 saturated heterocycles. The largest absolute Gasteiger partial charge is 0.394 e. The Kier molecular flexibility index (Phi) is 58.9. The standard InChI is InChI=1S/C73H139NO10/c1-3-5-7-9-11-13-15-17-19-21-23-25-27-29-31-32-33-35-37-39-41-43-45-47-49-51-53-55-57-59-61-66(77)72(82)74-64(63-83-73-71(81)70(80)69(79)67(62-75)84-73)68(78)65(76)60-58-56-54-52-50-48-46-44-42-40-38-36-34-30-28-26-24-22-20-18-16-14-12-10-8-6-4-2/h29,31,44,46,52,54,64-71,73,75-81H,3-28,30,32-43,45,47-51,53,55-63H2,1-2H3,(H,74,82)/b31-29-,46-44+,54-52+. The predicted octanol–water partition coefficient (Wildman–Crippen LogP) is 17.8. The summed E-state index contributed by atoms with van der Waals surface area (Å²) in [5, 5.41) is 76.5. The van der Waals surface area contributed by atoms with Crippen LogP contribution in [0.5, 0.6) is 0 Å². The molecule has 1 rings (SSSR count). The van der Waals surface area contributed by atoms with Crippen LogP contribution >= 0.6 is 0 Å². The van der Waals surface area contributed by atoms with E-state index < -0.39 is 74.2 Å². The zero-order chi connectivity index (χ0) is 61.0. The Balaban J connectivity index is 2.21. The summed E-state index contributed by atoms with van der Waals surface area (Å²) in [4.78, 5) is 13.3. The maximum atomic E-state index is 13.3. The fourth-order valence-corrected chi connectivity index (χ4v) is 11.8. The van der Waals surface area contributed by atoms with Crippen LogP contribution in [0, 0.1) is 0 Å². The molecule has 84 heavy (non-hydrogen) atoms. The number of nitrogens with one attached hydrogen (secondary N) is 1. The number of ether oxygens (including phenoxy) is 2. The number of rotatable bonds is 64. The van der Waals surface area contributed by atoms with Gasteiger partial charge in [0.2, 0.25) is 5.91 Å². The predicted molar refractivity (Wildman–Crippen MR) is 353 cm³/mol. The van der Waals surface area contributed by atoms with E-state index in [0.717, 1.165) is 38.5 Å². The number of carbonyl (C=O) groups excluding carboxylic acids is 1. The van der Waals surface area contributed by atoms with E-state index >= 15 is 0 Å². The first-order chi connectivity index (χ1) is 41.2. The lowest BCUT2D eigenvalue weighted by atomic mass is 9.98. The highest BCUT2D eigenvalue weighted by Crippen LogP contribution is 2.24. The minimum absolute atomic E-state index is 0.248. The van der Waals surface area contributed by atoms with Gasteiger partial charge in [0.15, 0.2) is 6.29 Å². The number of allylic oxidation sites excluding steroid dienone is 6. The van der Waals surface area contributed by atoms with Gasteiger partial charge in [-0.2, -0.15) is 0 Å². The Labute approximate surface area is 517 Å². The molecule has 9 unspecified atom stereocenters. The van der Waals surface area contributed by atoms with Crippen LogP contribution < -0.4 is 5.32 Å². The molecule has 0 radical (unpaired) electrons. The van der Waals surface area contributed by atoms with Gasteiger partial charge in [0.1, 0.15) is 36.6 Å². The van der Waals surface area contributed by atoms with Gasteiger partial charge >= 0.3 is 0 Å². The Morgan fingerprint density at radius 3 is 1.06 bits per heavy atom. The molecule has 0 bridgehead atoms. The number of carbonyl (C=O) groups is 1. The SMILES string of the molecule is CCCCCCCCCCCCCC/C=C\CCCCCCCCCCCCCCCCC(O)C(=O)NC(COC1OC(CO)C(O)C(O)C1O)C(O)C(O)CCC/C=C/CC/C=C/CCCCCCCCCCCCCCCCCCCC. The molecular weight excluding hydrogens is 1050 g/mol.